The number of nitrogens with one attached hydrogen (secondary N) is 1. The summed E-state index contributed by atoms with van der Waals surface area (Å²) >= 11 is 0. The van der Waals surface area contributed by atoms with Crippen LogP contribution in [0.25, 0.3) is 0 Å². The predicted molar refractivity (Wildman–Crippen MR) is 36.3 cm³/mol. The zero-order valence-electron chi connectivity index (χ0n) is 5.55. The average Bonchev–Trinajstić information content (AvgIpc) is 1.88. The molecule has 0 aromatic carbocycles. The predicted octanol–water partition coefficient (Wildman–Crippen LogP) is 0.827. The standard InChI is InChI=1S/C6H9N3/c1-5-3-6(7-2)4-8-9-5/h3-4H,1-2H3,(H,7,9). The van der Waals surface area contributed by atoms with Gasteiger partial charge in [0.05, 0.1) is 17.6 Å². The Morgan fingerprint density at radius 2 is 2.33 bits per heavy atom. The molecule has 1 N–H and O–H groups in total. The second-order valence-corrected chi connectivity index (χ2v) is 1.84. The largest absolute Gasteiger partial charge is 0.387 e. The van der Waals surface area contributed by atoms with E-state index in [1.807, 2.05) is 20.0 Å². The molecular weight excluding hydrogens is 114 g/mol. The lowest BCUT2D eigenvalue weighted by Crippen LogP contribution is -1.91. The van der Waals surface area contributed by atoms with E-state index in [1.54, 1.807) is 6.20 Å². The number of hydrogen-bond acceptors (Lipinski definition) is 3. The van der Waals surface area contributed by atoms with Crippen molar-refractivity contribution in [2.75, 3.05) is 12.4 Å². The van der Waals surface area contributed by atoms with E-state index in [-0.39, 0.29) is 0 Å². The Balaban J connectivity index is 2.94. The molecule has 48 valence electrons. The quantitative estimate of drug-likeness (QED) is 0.601. The lowest BCUT2D eigenvalue weighted by molar-refractivity contribution is 0.981. The van der Waals surface area contributed by atoms with Crippen LogP contribution in [0.5, 0.6) is 0 Å². The number of nitrogens with zero attached hydrogens (tertiary/aromatic N) is 2. The zero-order valence-corrected chi connectivity index (χ0v) is 5.55. The van der Waals surface area contributed by atoms with Gasteiger partial charge in [-0.05, 0) is 13.0 Å². The van der Waals surface area contributed by atoms with E-state index in [1.165, 1.54) is 0 Å². The maximum absolute atomic E-state index is 3.80. The molecule has 0 amide bonds. The third-order valence-electron chi connectivity index (χ3n) is 1.07. The minimum Gasteiger partial charge on any atom is -0.387 e. The summed E-state index contributed by atoms with van der Waals surface area (Å²) in [4.78, 5) is 0. The van der Waals surface area contributed by atoms with Gasteiger partial charge in [0, 0.05) is 7.05 Å². The van der Waals surface area contributed by atoms with Crippen molar-refractivity contribution in [3.05, 3.63) is 18.0 Å². The normalized spacial score (nSPS) is 9.11. The molecule has 3 heteroatoms. The first-order chi connectivity index (χ1) is 4.33. The maximum Gasteiger partial charge on any atom is 0.0727 e. The van der Waals surface area contributed by atoms with Crippen LogP contribution in [0.15, 0.2) is 12.3 Å². The highest BCUT2D eigenvalue weighted by Gasteiger charge is 1.87. The van der Waals surface area contributed by atoms with Crippen LogP contribution in [0.1, 0.15) is 5.69 Å². The monoisotopic (exact) mass is 123 g/mol. The van der Waals surface area contributed by atoms with Crippen LogP contribution in [-0.4, -0.2) is 17.2 Å². The van der Waals surface area contributed by atoms with Crippen molar-refractivity contribution in [2.24, 2.45) is 0 Å². The molecule has 0 bridgehead atoms. The van der Waals surface area contributed by atoms with Gasteiger partial charge in [0.1, 0.15) is 0 Å². The molecule has 1 aromatic rings. The second kappa shape index (κ2) is 2.44. The van der Waals surface area contributed by atoms with E-state index >= 15 is 0 Å². The molecule has 0 atom stereocenters. The van der Waals surface area contributed by atoms with Crippen molar-refractivity contribution in [2.45, 2.75) is 6.92 Å². The lowest BCUT2D eigenvalue weighted by atomic mass is 10.4. The zero-order chi connectivity index (χ0) is 6.69. The van der Waals surface area contributed by atoms with Crippen LogP contribution in [0.2, 0.25) is 0 Å². The van der Waals surface area contributed by atoms with Crippen molar-refractivity contribution in [1.29, 1.82) is 0 Å². The summed E-state index contributed by atoms with van der Waals surface area (Å²) in [6.07, 6.45) is 1.69. The molecule has 0 radical (unpaired) electrons. The number of anilines is 1. The molecule has 0 aliphatic rings. The first-order valence-electron chi connectivity index (χ1n) is 2.80. The summed E-state index contributed by atoms with van der Waals surface area (Å²) in [5, 5.41) is 10.5. The van der Waals surface area contributed by atoms with Gasteiger partial charge in [-0.15, -0.1) is 0 Å². The summed E-state index contributed by atoms with van der Waals surface area (Å²) < 4.78 is 0. The molecule has 1 aromatic heterocycles. The number of aryl methyl sites for hydroxylation is 1. The van der Waals surface area contributed by atoms with Crippen molar-refractivity contribution < 1.29 is 0 Å². The van der Waals surface area contributed by atoms with Gasteiger partial charge in [-0.2, -0.15) is 10.2 Å². The number of hydrogen-bond donors (Lipinski definition) is 1. The molecule has 1 rings (SSSR count). The highest BCUT2D eigenvalue weighted by Crippen LogP contribution is 2.01. The van der Waals surface area contributed by atoms with Gasteiger partial charge in [0.2, 0.25) is 0 Å². The third-order valence-corrected chi connectivity index (χ3v) is 1.07. The van der Waals surface area contributed by atoms with Gasteiger partial charge in [0.15, 0.2) is 0 Å². The van der Waals surface area contributed by atoms with Crippen molar-refractivity contribution >= 4 is 5.69 Å². The van der Waals surface area contributed by atoms with Crippen molar-refractivity contribution in [1.82, 2.24) is 10.2 Å². The third kappa shape index (κ3) is 1.38. The van der Waals surface area contributed by atoms with E-state index in [9.17, 15) is 0 Å². The van der Waals surface area contributed by atoms with E-state index in [4.69, 9.17) is 0 Å². The van der Waals surface area contributed by atoms with Crippen LogP contribution in [-0.2, 0) is 0 Å². The van der Waals surface area contributed by atoms with Crippen LogP contribution < -0.4 is 5.32 Å². The second-order valence-electron chi connectivity index (χ2n) is 1.84. The minimum atomic E-state index is 0.932. The van der Waals surface area contributed by atoms with E-state index in [2.05, 4.69) is 15.5 Å². The molecular formula is C6H9N3. The Morgan fingerprint density at radius 3 is 2.78 bits per heavy atom. The molecule has 3 nitrogen and oxygen atoms in total. The summed E-state index contributed by atoms with van der Waals surface area (Å²) in [5.74, 6) is 0. The van der Waals surface area contributed by atoms with E-state index < -0.39 is 0 Å². The van der Waals surface area contributed by atoms with Crippen LogP contribution in [0.4, 0.5) is 5.69 Å². The Morgan fingerprint density at radius 1 is 1.56 bits per heavy atom. The first kappa shape index (κ1) is 6.01. The van der Waals surface area contributed by atoms with Gasteiger partial charge in [-0.3, -0.25) is 0 Å². The Kier molecular flexibility index (Phi) is 1.63. The fraction of sp³-hybridized carbons (Fsp3) is 0.333. The molecule has 0 aliphatic heterocycles. The van der Waals surface area contributed by atoms with Crippen molar-refractivity contribution in [3.63, 3.8) is 0 Å². The highest BCUT2D eigenvalue weighted by atomic mass is 15.1. The molecule has 0 saturated heterocycles. The van der Waals surface area contributed by atoms with Gasteiger partial charge < -0.3 is 5.32 Å². The first-order valence-corrected chi connectivity index (χ1v) is 2.80. The summed E-state index contributed by atoms with van der Waals surface area (Å²) in [5.41, 5.74) is 1.93. The summed E-state index contributed by atoms with van der Waals surface area (Å²) in [6, 6.07) is 1.94. The van der Waals surface area contributed by atoms with Crippen LogP contribution in [0, 0.1) is 6.92 Å². The smallest absolute Gasteiger partial charge is 0.0727 e. The van der Waals surface area contributed by atoms with Crippen molar-refractivity contribution in [3.8, 4) is 0 Å². The maximum atomic E-state index is 3.80. The van der Waals surface area contributed by atoms with Gasteiger partial charge in [-0.25, -0.2) is 0 Å². The minimum absolute atomic E-state index is 0.932. The fourth-order valence-corrected chi connectivity index (χ4v) is 0.610. The molecule has 1 heterocycles. The van der Waals surface area contributed by atoms with Gasteiger partial charge in [0.25, 0.3) is 0 Å². The lowest BCUT2D eigenvalue weighted by Gasteiger charge is -1.96. The summed E-state index contributed by atoms with van der Waals surface area (Å²) in [6.45, 7) is 1.91. The Labute approximate surface area is 54.1 Å². The molecule has 9 heavy (non-hydrogen) atoms. The molecule has 0 spiro atoms. The van der Waals surface area contributed by atoms with Gasteiger partial charge in [-0.1, -0.05) is 0 Å². The molecule has 0 saturated carbocycles. The van der Waals surface area contributed by atoms with Crippen LogP contribution >= 0.6 is 0 Å². The van der Waals surface area contributed by atoms with Crippen LogP contribution in [0.3, 0.4) is 0 Å². The highest BCUT2D eigenvalue weighted by molar-refractivity contribution is 5.39. The Hall–Kier alpha value is -1.12. The Bertz CT molecular complexity index is 197. The molecule has 0 fully saturated rings. The SMILES string of the molecule is CNc1cnnc(C)c1. The van der Waals surface area contributed by atoms with Gasteiger partial charge >= 0.3 is 0 Å². The van der Waals surface area contributed by atoms with E-state index in [0.29, 0.717) is 0 Å². The molecule has 0 unspecified atom stereocenters. The molecule has 0 aliphatic carbocycles. The summed E-state index contributed by atoms with van der Waals surface area (Å²) in [7, 11) is 1.86. The van der Waals surface area contributed by atoms with E-state index in [0.717, 1.165) is 11.4 Å². The topological polar surface area (TPSA) is 37.8 Å². The average molecular weight is 123 g/mol. The number of aromatic nitrogens is 2. The fourth-order valence-electron chi connectivity index (χ4n) is 0.610. The number of rotatable bonds is 1.